The van der Waals surface area contributed by atoms with Crippen LogP contribution in [0.4, 0.5) is 0 Å². The van der Waals surface area contributed by atoms with Crippen LogP contribution >= 0.6 is 0 Å². The number of carboxylic acids is 4. The second kappa shape index (κ2) is 8.52. The number of carboxylic acid groups (broad SMARTS) is 4. The topological polar surface area (TPSA) is 192 Å². The zero-order valence-electron chi connectivity index (χ0n) is 9.49. The average Bonchev–Trinajstić information content (AvgIpc) is 1.97. The van der Waals surface area contributed by atoms with Crippen LogP contribution in [0.1, 0.15) is 0 Å². The molecule has 0 saturated heterocycles. The Morgan fingerprint density at radius 1 is 0.526 bits per heavy atom. The Kier molecular flexibility index (Phi) is 10.5. The molecule has 1 rings (SSSR count). The number of carbonyl (C=O) groups excluding carboxylic acids is 4. The summed E-state index contributed by atoms with van der Waals surface area (Å²) in [5, 5.41) is 41.9. The van der Waals surface area contributed by atoms with Gasteiger partial charge in [-0.15, -0.1) is 0 Å². The Morgan fingerprint density at radius 2 is 0.632 bits per heavy atom. The summed E-state index contributed by atoms with van der Waals surface area (Å²) in [5.41, 5.74) is 0. The first-order valence-corrected chi connectivity index (χ1v) is 4.12. The van der Waals surface area contributed by atoms with Crippen molar-refractivity contribution in [3.8, 4) is 0 Å². The van der Waals surface area contributed by atoms with E-state index in [0.717, 1.165) is 0 Å². The maximum Gasteiger partial charge on any atom is 2.00 e. The second-order valence-corrected chi connectivity index (χ2v) is 3.38. The summed E-state index contributed by atoms with van der Waals surface area (Å²) in [5.74, 6) is -15.8. The molecule has 0 aliphatic heterocycles. The molecule has 1 saturated carbocycles. The van der Waals surface area contributed by atoms with Gasteiger partial charge in [0.2, 0.25) is 0 Å². The number of aliphatic carboxylic acids is 4. The first kappa shape index (κ1) is 23.5. The number of carbonyl (C=O) groups is 4. The fraction of sp³-hybridized carbons (Fsp3) is 0.500. The Labute approximate surface area is 138 Å². The van der Waals surface area contributed by atoms with Gasteiger partial charge in [0.15, 0.2) is 0 Å². The summed E-state index contributed by atoms with van der Waals surface area (Å²) < 4.78 is 0. The molecule has 0 unspecified atom stereocenters. The summed E-state index contributed by atoms with van der Waals surface area (Å²) >= 11 is 0. The van der Waals surface area contributed by atoms with Crippen molar-refractivity contribution in [2.45, 2.75) is 0 Å². The van der Waals surface area contributed by atoms with E-state index >= 15 is 0 Å². The van der Waals surface area contributed by atoms with Gasteiger partial charge >= 0.3 is 46.1 Å². The van der Waals surface area contributed by atoms with Gasteiger partial charge in [-0.1, -0.05) is 0 Å². The zero-order chi connectivity index (χ0) is 12.6. The summed E-state index contributed by atoms with van der Waals surface area (Å²) in [6.07, 6.45) is 0. The molecule has 0 aromatic rings. The number of rotatable bonds is 4. The standard InChI is InChI=1S/C8H8O8.2Mg.H2O/c9-5(10)1-2(6(11)12)4(8(15)16)3(1)7(13)14;;;/h1-4H,(H,9,10)(H,11,12)(H,13,14)(H,15,16);;;1H2/q;2*+2;/p-4. The molecule has 1 aliphatic carbocycles. The summed E-state index contributed by atoms with van der Waals surface area (Å²) in [6.45, 7) is 0. The minimum Gasteiger partial charge on any atom is -0.550 e. The number of hydrogen-bond acceptors (Lipinski definition) is 8. The van der Waals surface area contributed by atoms with Crippen LogP contribution in [0.25, 0.3) is 0 Å². The molecule has 0 heterocycles. The summed E-state index contributed by atoms with van der Waals surface area (Å²) in [6, 6.07) is 0. The molecule has 0 aromatic heterocycles. The Bertz CT molecular complexity index is 302. The quantitative estimate of drug-likeness (QED) is 0.456. The Balaban J connectivity index is -0.000000853. The van der Waals surface area contributed by atoms with Gasteiger partial charge < -0.3 is 45.1 Å². The van der Waals surface area contributed by atoms with Gasteiger partial charge in [-0.3, -0.25) is 0 Å². The molecule has 0 atom stereocenters. The molecule has 96 valence electrons. The molecular formula is C8H6Mg2O9. The van der Waals surface area contributed by atoms with E-state index in [1.54, 1.807) is 0 Å². The van der Waals surface area contributed by atoms with Crippen LogP contribution in [0.2, 0.25) is 0 Å². The smallest absolute Gasteiger partial charge is 0.550 e. The van der Waals surface area contributed by atoms with Crippen LogP contribution in [0, 0.1) is 23.7 Å². The molecular weight excluding hydrogens is 289 g/mol. The molecule has 11 heteroatoms. The molecule has 9 nitrogen and oxygen atoms in total. The van der Waals surface area contributed by atoms with Crippen molar-refractivity contribution in [1.82, 2.24) is 0 Å². The van der Waals surface area contributed by atoms with Gasteiger partial charge in [-0.25, -0.2) is 0 Å². The normalized spacial score (nSPS) is 27.4. The van der Waals surface area contributed by atoms with Crippen molar-refractivity contribution in [1.29, 1.82) is 0 Å². The third kappa shape index (κ3) is 4.17. The maximum atomic E-state index is 10.5. The molecule has 2 N–H and O–H groups in total. The van der Waals surface area contributed by atoms with Crippen molar-refractivity contribution in [3.63, 3.8) is 0 Å². The first-order valence-electron chi connectivity index (χ1n) is 4.12. The van der Waals surface area contributed by atoms with E-state index in [4.69, 9.17) is 0 Å². The monoisotopic (exact) mass is 294 g/mol. The molecule has 0 spiro atoms. The Hall–Kier alpha value is -0.628. The maximum absolute atomic E-state index is 10.5. The van der Waals surface area contributed by atoms with Crippen LogP contribution in [0.3, 0.4) is 0 Å². The van der Waals surface area contributed by atoms with E-state index in [-0.39, 0.29) is 51.6 Å². The average molecular weight is 295 g/mol. The molecule has 0 radical (unpaired) electrons. The van der Waals surface area contributed by atoms with Crippen molar-refractivity contribution < 1.29 is 45.1 Å². The van der Waals surface area contributed by atoms with E-state index in [1.807, 2.05) is 0 Å². The van der Waals surface area contributed by atoms with Crippen molar-refractivity contribution in [3.05, 3.63) is 0 Å². The van der Waals surface area contributed by atoms with E-state index in [0.29, 0.717) is 0 Å². The van der Waals surface area contributed by atoms with Crippen LogP contribution in [-0.2, 0) is 19.2 Å². The van der Waals surface area contributed by atoms with Crippen LogP contribution < -0.4 is 20.4 Å². The molecule has 1 aliphatic rings. The van der Waals surface area contributed by atoms with E-state index in [2.05, 4.69) is 0 Å². The van der Waals surface area contributed by atoms with Crippen molar-refractivity contribution in [2.24, 2.45) is 23.7 Å². The molecule has 19 heavy (non-hydrogen) atoms. The van der Waals surface area contributed by atoms with Gasteiger partial charge in [0.25, 0.3) is 0 Å². The molecule has 0 amide bonds. The number of hydrogen-bond donors (Lipinski definition) is 0. The van der Waals surface area contributed by atoms with Crippen LogP contribution in [0.15, 0.2) is 0 Å². The molecule has 1 fully saturated rings. The van der Waals surface area contributed by atoms with Crippen LogP contribution in [0.5, 0.6) is 0 Å². The first-order chi connectivity index (χ1) is 7.29. The summed E-state index contributed by atoms with van der Waals surface area (Å²) in [7, 11) is 0. The second-order valence-electron chi connectivity index (χ2n) is 3.38. The molecule has 0 bridgehead atoms. The van der Waals surface area contributed by atoms with Gasteiger partial charge in [0, 0.05) is 47.5 Å². The predicted octanol–water partition coefficient (Wildman–Crippen LogP) is -8.12. The minimum atomic E-state index is -1.97. The molecule has 0 aromatic carbocycles. The van der Waals surface area contributed by atoms with Gasteiger partial charge in [0.05, 0.1) is 0 Å². The van der Waals surface area contributed by atoms with Crippen LogP contribution in [-0.4, -0.2) is 75.5 Å². The minimum absolute atomic E-state index is 0. The Morgan fingerprint density at radius 3 is 0.684 bits per heavy atom. The van der Waals surface area contributed by atoms with E-state index in [9.17, 15) is 39.6 Å². The third-order valence-corrected chi connectivity index (χ3v) is 2.64. The van der Waals surface area contributed by atoms with Gasteiger partial charge in [-0.2, -0.15) is 0 Å². The van der Waals surface area contributed by atoms with Crippen molar-refractivity contribution in [2.75, 3.05) is 0 Å². The largest absolute Gasteiger partial charge is 2.00 e. The zero-order valence-corrected chi connectivity index (χ0v) is 12.3. The summed E-state index contributed by atoms with van der Waals surface area (Å²) in [4.78, 5) is 41.9. The van der Waals surface area contributed by atoms with Gasteiger partial charge in [-0.05, 0) is 0 Å². The van der Waals surface area contributed by atoms with Crippen molar-refractivity contribution >= 4 is 70.0 Å². The van der Waals surface area contributed by atoms with E-state index < -0.39 is 47.5 Å². The predicted molar refractivity (Wildman–Crippen MR) is 49.1 cm³/mol. The SMILES string of the molecule is O.O=C([O-])C1C(C(=O)[O-])C(C(=O)[O-])C1C(=O)[O-].[Mg+2].[Mg+2]. The fourth-order valence-corrected chi connectivity index (χ4v) is 1.92. The van der Waals surface area contributed by atoms with E-state index in [1.165, 1.54) is 0 Å². The fourth-order valence-electron chi connectivity index (χ4n) is 1.92. The van der Waals surface area contributed by atoms with Gasteiger partial charge in [0.1, 0.15) is 0 Å². The third-order valence-electron chi connectivity index (χ3n) is 2.64.